The molecule has 4 aliphatic rings. The quantitative estimate of drug-likeness (QED) is 0.274. The van der Waals surface area contributed by atoms with Crippen molar-refractivity contribution < 1.29 is 40.7 Å². The molecule has 10 nitrogen and oxygen atoms in total. The lowest BCUT2D eigenvalue weighted by Gasteiger charge is -2.44. The lowest BCUT2D eigenvalue weighted by molar-refractivity contribution is -0.139. The molecule has 292 valence electrons. The fourth-order valence-electron chi connectivity index (χ4n) is 8.41. The Morgan fingerprint density at radius 3 is 2.24 bits per heavy atom. The second-order valence-corrected chi connectivity index (χ2v) is 17.9. The number of likely N-dealkylation sites (tertiary alicyclic amines) is 1. The number of rotatable bonds is 7. The van der Waals surface area contributed by atoms with Crippen LogP contribution >= 0.6 is 0 Å². The molecule has 2 atom stereocenters. The number of sulfonamides is 1. The Morgan fingerprint density at radius 2 is 1.54 bits per heavy atom. The molecular weight excluding hydrogens is 722 g/mol. The summed E-state index contributed by atoms with van der Waals surface area (Å²) in [6, 6.07) is 12.9. The largest absolute Gasteiger partial charge is 0.490 e. The summed E-state index contributed by atoms with van der Waals surface area (Å²) in [5, 5.41) is 4.46. The van der Waals surface area contributed by atoms with Crippen molar-refractivity contribution in [1.82, 2.24) is 19.4 Å². The zero-order chi connectivity index (χ0) is 38.4. The molecule has 0 spiro atoms. The fraction of sp³-hybridized carbons (Fsp3) is 0.550. The van der Waals surface area contributed by atoms with E-state index < -0.39 is 39.5 Å². The number of alkyl halides is 3. The van der Waals surface area contributed by atoms with Crippen LogP contribution in [-0.4, -0.2) is 91.0 Å². The van der Waals surface area contributed by atoms with Gasteiger partial charge in [0.2, 0.25) is 15.9 Å². The number of fused-ring (bicyclic) bond motifs is 2. The number of nitrogens with one attached hydrogen (secondary N) is 1. The summed E-state index contributed by atoms with van der Waals surface area (Å²) in [7, 11) is -4.16. The lowest BCUT2D eigenvalue weighted by Crippen LogP contribution is -2.62. The van der Waals surface area contributed by atoms with Gasteiger partial charge in [-0.1, -0.05) is 18.2 Å². The van der Waals surface area contributed by atoms with E-state index >= 15 is 0 Å². The minimum atomic E-state index is -4.45. The predicted molar refractivity (Wildman–Crippen MR) is 198 cm³/mol. The Labute approximate surface area is 315 Å². The van der Waals surface area contributed by atoms with Gasteiger partial charge in [0.25, 0.3) is 0 Å². The van der Waals surface area contributed by atoms with Crippen molar-refractivity contribution in [3.8, 4) is 5.75 Å². The lowest BCUT2D eigenvalue weighted by atomic mass is 10.0. The summed E-state index contributed by atoms with van der Waals surface area (Å²) >= 11 is 0. The highest BCUT2D eigenvalue weighted by Gasteiger charge is 2.45. The van der Waals surface area contributed by atoms with E-state index in [1.807, 2.05) is 18.2 Å². The van der Waals surface area contributed by atoms with E-state index in [1.165, 1.54) is 16.4 Å². The van der Waals surface area contributed by atoms with E-state index in [4.69, 9.17) is 9.47 Å². The van der Waals surface area contributed by atoms with Crippen molar-refractivity contribution in [3.63, 3.8) is 0 Å². The van der Waals surface area contributed by atoms with E-state index in [2.05, 4.69) is 10.2 Å². The number of hydrogen-bond donors (Lipinski definition) is 1. The maximum absolute atomic E-state index is 14.5. The van der Waals surface area contributed by atoms with E-state index in [0.29, 0.717) is 50.9 Å². The summed E-state index contributed by atoms with van der Waals surface area (Å²) in [6.45, 7) is 6.42. The third-order valence-corrected chi connectivity index (χ3v) is 13.0. The molecule has 14 heteroatoms. The van der Waals surface area contributed by atoms with Crippen LogP contribution in [0.2, 0.25) is 0 Å². The second kappa shape index (κ2) is 15.0. The number of benzene rings is 3. The van der Waals surface area contributed by atoms with Crippen LogP contribution in [0.25, 0.3) is 10.8 Å². The van der Waals surface area contributed by atoms with E-state index in [0.717, 1.165) is 53.8 Å². The molecule has 2 saturated heterocycles. The molecule has 2 aliphatic carbocycles. The number of alkyl carbamates (subject to hydrolysis) is 1. The van der Waals surface area contributed by atoms with Crippen LogP contribution < -0.4 is 10.1 Å². The summed E-state index contributed by atoms with van der Waals surface area (Å²) < 4.78 is 82.4. The zero-order valence-electron chi connectivity index (χ0n) is 31.0. The summed E-state index contributed by atoms with van der Waals surface area (Å²) in [4.78, 5) is 30.7. The molecule has 0 aromatic heterocycles. The van der Waals surface area contributed by atoms with Crippen molar-refractivity contribution >= 4 is 32.8 Å². The van der Waals surface area contributed by atoms with Crippen LogP contribution in [0.15, 0.2) is 59.5 Å². The van der Waals surface area contributed by atoms with E-state index in [9.17, 15) is 31.2 Å². The Balaban J connectivity index is 1.12. The number of piperazine rings is 1. The first-order valence-electron chi connectivity index (χ1n) is 19.0. The molecule has 3 fully saturated rings. The highest BCUT2D eigenvalue weighted by Crippen LogP contribution is 2.41. The molecular formula is C40H49F3N4O6S. The molecule has 3 aromatic carbocycles. The normalized spacial score (nSPS) is 22.4. The van der Waals surface area contributed by atoms with E-state index in [-0.39, 0.29) is 42.1 Å². The molecule has 54 heavy (non-hydrogen) atoms. The zero-order valence-corrected chi connectivity index (χ0v) is 31.8. The van der Waals surface area contributed by atoms with Gasteiger partial charge in [-0.15, -0.1) is 0 Å². The smallest absolute Gasteiger partial charge is 0.416 e. The molecule has 1 N–H and O–H groups in total. The second-order valence-electron chi connectivity index (χ2n) is 16.0. The van der Waals surface area contributed by atoms with Gasteiger partial charge in [-0.3, -0.25) is 9.69 Å². The van der Waals surface area contributed by atoms with Crippen molar-refractivity contribution in [3.05, 3.63) is 71.3 Å². The molecule has 2 aliphatic heterocycles. The molecule has 1 unspecified atom stereocenters. The van der Waals surface area contributed by atoms with Crippen molar-refractivity contribution in [1.29, 1.82) is 0 Å². The van der Waals surface area contributed by atoms with Gasteiger partial charge in [0.15, 0.2) is 0 Å². The predicted octanol–water partition coefficient (Wildman–Crippen LogP) is 7.06. The van der Waals surface area contributed by atoms with Crippen molar-refractivity contribution in [2.75, 3.05) is 32.7 Å². The third-order valence-electron chi connectivity index (χ3n) is 11.1. The monoisotopic (exact) mass is 770 g/mol. The van der Waals surface area contributed by atoms with Gasteiger partial charge in [-0.05, 0) is 130 Å². The Morgan fingerprint density at radius 1 is 0.833 bits per heavy atom. The van der Waals surface area contributed by atoms with Gasteiger partial charge in [0.05, 0.1) is 16.6 Å². The van der Waals surface area contributed by atoms with Gasteiger partial charge in [-0.2, -0.15) is 17.5 Å². The minimum Gasteiger partial charge on any atom is -0.490 e. The number of carbonyl (C=O) groups is 2. The van der Waals surface area contributed by atoms with Gasteiger partial charge in [0, 0.05) is 44.8 Å². The molecule has 2 heterocycles. The van der Waals surface area contributed by atoms with Crippen LogP contribution in [0.1, 0.15) is 88.4 Å². The standard InChI is InChI=1S/C40H49F3N4O6S/c1-39(2,3)53-38(49)44-30-16-18-45(19-17-30)37(48)36-25-46(35-15-10-28-22-29(40(41,42)43)11-14-34(28)35)20-21-47(36)54(50,51)33-13-9-26-23-32(12-8-27(26)24-33)52-31-6-4-5-7-31/h8-9,11-14,22-24,30-31,35-36H,4-7,10,15-21,25H2,1-3H3,(H,44,49)/t35?,36-/m0/s1. The highest BCUT2D eigenvalue weighted by atomic mass is 32.2. The molecule has 1 saturated carbocycles. The van der Waals surface area contributed by atoms with Crippen molar-refractivity contribution in [2.45, 2.75) is 113 Å². The average molecular weight is 771 g/mol. The summed E-state index contributed by atoms with van der Waals surface area (Å²) in [6.07, 6.45) is 1.55. The number of hydrogen-bond acceptors (Lipinski definition) is 7. The fourth-order valence-corrected chi connectivity index (χ4v) is 10.0. The molecule has 0 bridgehead atoms. The first-order valence-corrected chi connectivity index (χ1v) is 20.4. The summed E-state index contributed by atoms with van der Waals surface area (Å²) in [5.41, 5.74) is 0.0643. The van der Waals surface area contributed by atoms with Crippen LogP contribution in [-0.2, 0) is 32.2 Å². The number of amides is 2. The molecule has 0 radical (unpaired) electrons. The van der Waals surface area contributed by atoms with Gasteiger partial charge < -0.3 is 19.7 Å². The van der Waals surface area contributed by atoms with Gasteiger partial charge >= 0.3 is 12.3 Å². The number of aryl methyl sites for hydroxylation is 1. The highest BCUT2D eigenvalue weighted by molar-refractivity contribution is 7.89. The average Bonchev–Trinajstić information content (AvgIpc) is 3.80. The van der Waals surface area contributed by atoms with Crippen LogP contribution in [0.4, 0.5) is 18.0 Å². The molecule has 7 rings (SSSR count). The first kappa shape index (κ1) is 38.4. The number of piperidine rings is 1. The van der Waals surface area contributed by atoms with Crippen molar-refractivity contribution in [2.24, 2.45) is 0 Å². The van der Waals surface area contributed by atoms with E-state index in [1.54, 1.807) is 43.9 Å². The van der Waals surface area contributed by atoms with Crippen LogP contribution in [0, 0.1) is 0 Å². The van der Waals surface area contributed by atoms with Crippen LogP contribution in [0.5, 0.6) is 5.75 Å². The number of halogens is 3. The maximum Gasteiger partial charge on any atom is 0.416 e. The Kier molecular flexibility index (Phi) is 10.7. The Hall–Kier alpha value is -3.88. The van der Waals surface area contributed by atoms with Crippen LogP contribution in [0.3, 0.4) is 0 Å². The Bertz CT molecular complexity index is 1990. The summed E-state index contributed by atoms with van der Waals surface area (Å²) in [5.74, 6) is 0.416. The number of carbonyl (C=O) groups excluding carboxylic acids is 2. The number of nitrogens with zero attached hydrogens (tertiary/aromatic N) is 3. The topological polar surface area (TPSA) is 108 Å². The molecule has 2 amide bonds. The molecule has 3 aromatic rings. The number of ether oxygens (including phenoxy) is 2. The minimum absolute atomic E-state index is 0.0358. The first-order chi connectivity index (χ1) is 25.5. The van der Waals surface area contributed by atoms with Gasteiger partial charge in [0.1, 0.15) is 17.4 Å². The van der Waals surface area contributed by atoms with Gasteiger partial charge in [-0.25, -0.2) is 13.2 Å². The SMILES string of the molecule is CC(C)(C)OC(=O)NC1CCN(C(=O)[C@@H]2CN(C3CCc4cc(C(F)(F)F)ccc43)CCN2S(=O)(=O)c2ccc3cc(OC4CCCC4)ccc3c2)CC1. The third kappa shape index (κ3) is 8.35. The maximum atomic E-state index is 14.5.